The first-order chi connectivity index (χ1) is 15.1. The van der Waals surface area contributed by atoms with Crippen LogP contribution in [0.25, 0.3) is 0 Å². The number of ether oxygens (including phenoxy) is 5. The lowest BCUT2D eigenvalue weighted by atomic mass is 9.86. The predicted octanol–water partition coefficient (Wildman–Crippen LogP) is 6.50. The van der Waals surface area contributed by atoms with Gasteiger partial charge in [-0.05, 0) is 72.6 Å². The molecule has 0 aliphatic heterocycles. The molecule has 0 unspecified atom stereocenters. The molecule has 0 N–H and O–H groups in total. The van der Waals surface area contributed by atoms with Gasteiger partial charge >= 0.3 is 5.97 Å². The van der Waals surface area contributed by atoms with Crippen LogP contribution in [0.4, 0.5) is 0 Å². The lowest BCUT2D eigenvalue weighted by molar-refractivity contribution is -0.345. The van der Waals surface area contributed by atoms with Gasteiger partial charge in [-0.2, -0.15) is 0 Å². The fourth-order valence-electron chi connectivity index (χ4n) is 3.50. The second-order valence-corrected chi connectivity index (χ2v) is 9.49. The molecule has 32 heavy (non-hydrogen) atoms. The highest BCUT2D eigenvalue weighted by Crippen LogP contribution is 2.40. The summed E-state index contributed by atoms with van der Waals surface area (Å²) in [4.78, 5) is 12.4. The molecule has 0 atom stereocenters. The van der Waals surface area contributed by atoms with E-state index in [2.05, 4.69) is 27.7 Å². The van der Waals surface area contributed by atoms with E-state index in [1.807, 2.05) is 34.6 Å². The molecular formula is C26H52O6. The Morgan fingerprint density at radius 3 is 1.34 bits per heavy atom. The summed E-state index contributed by atoms with van der Waals surface area (Å²) in [5, 5.41) is 0. The first-order valence-corrected chi connectivity index (χ1v) is 12.8. The van der Waals surface area contributed by atoms with Crippen molar-refractivity contribution in [1.29, 1.82) is 0 Å². The van der Waals surface area contributed by atoms with Gasteiger partial charge in [0.05, 0.1) is 17.9 Å². The van der Waals surface area contributed by atoms with Crippen LogP contribution >= 0.6 is 0 Å². The van der Waals surface area contributed by atoms with Crippen molar-refractivity contribution >= 4 is 5.97 Å². The zero-order chi connectivity index (χ0) is 24.7. The molecule has 192 valence electrons. The quantitative estimate of drug-likeness (QED) is 0.117. The largest absolute Gasteiger partial charge is 0.465 e. The smallest absolute Gasteiger partial charge is 0.311 e. The van der Waals surface area contributed by atoms with Gasteiger partial charge in [-0.1, -0.05) is 34.6 Å². The lowest BCUT2D eigenvalue weighted by Crippen LogP contribution is -2.55. The molecule has 0 aromatic carbocycles. The van der Waals surface area contributed by atoms with Gasteiger partial charge in [-0.15, -0.1) is 0 Å². The minimum atomic E-state index is -0.866. The van der Waals surface area contributed by atoms with Gasteiger partial charge < -0.3 is 23.7 Å². The van der Waals surface area contributed by atoms with Crippen LogP contribution in [0, 0.1) is 11.3 Å². The van der Waals surface area contributed by atoms with E-state index in [0.29, 0.717) is 45.9 Å². The molecule has 0 fully saturated rings. The Morgan fingerprint density at radius 2 is 1.03 bits per heavy atom. The highest BCUT2D eigenvalue weighted by Gasteiger charge is 2.49. The van der Waals surface area contributed by atoms with E-state index >= 15 is 0 Å². The first kappa shape index (κ1) is 31.3. The molecule has 0 aliphatic rings. The summed E-state index contributed by atoms with van der Waals surface area (Å²) in [6.45, 7) is 20.9. The van der Waals surface area contributed by atoms with Gasteiger partial charge in [0.2, 0.25) is 0 Å². The number of hydrogen-bond acceptors (Lipinski definition) is 6. The first-order valence-electron chi connectivity index (χ1n) is 12.8. The van der Waals surface area contributed by atoms with E-state index in [0.717, 1.165) is 32.1 Å². The molecule has 0 saturated carbocycles. The van der Waals surface area contributed by atoms with Crippen LogP contribution in [-0.4, -0.2) is 50.6 Å². The van der Waals surface area contributed by atoms with Crippen LogP contribution in [0.3, 0.4) is 0 Å². The molecule has 0 aromatic heterocycles. The Morgan fingerprint density at radius 1 is 0.656 bits per heavy atom. The van der Waals surface area contributed by atoms with Gasteiger partial charge in [0.1, 0.15) is 0 Å². The van der Waals surface area contributed by atoms with Crippen LogP contribution in [0.2, 0.25) is 0 Å². The van der Waals surface area contributed by atoms with Gasteiger partial charge in [-0.25, -0.2) is 0 Å². The van der Waals surface area contributed by atoms with Crippen molar-refractivity contribution in [2.45, 2.75) is 119 Å². The van der Waals surface area contributed by atoms with Crippen molar-refractivity contribution in [1.82, 2.24) is 0 Å². The molecule has 0 spiro atoms. The van der Waals surface area contributed by atoms with Crippen molar-refractivity contribution in [2.75, 3.05) is 33.0 Å². The molecular weight excluding hydrogens is 408 g/mol. The minimum absolute atomic E-state index is 0.156. The predicted molar refractivity (Wildman–Crippen MR) is 130 cm³/mol. The maximum Gasteiger partial charge on any atom is 0.311 e. The average Bonchev–Trinajstić information content (AvgIpc) is 2.78. The molecule has 0 heterocycles. The van der Waals surface area contributed by atoms with Crippen LogP contribution in [0.5, 0.6) is 0 Å². The molecule has 0 rings (SSSR count). The summed E-state index contributed by atoms with van der Waals surface area (Å²) in [7, 11) is 0. The topological polar surface area (TPSA) is 63.2 Å². The number of hydrogen-bond donors (Lipinski definition) is 0. The van der Waals surface area contributed by atoms with Crippen LogP contribution in [0.1, 0.15) is 107 Å². The van der Waals surface area contributed by atoms with Gasteiger partial charge in [0.15, 0.2) is 11.6 Å². The fraction of sp³-hybridized carbons (Fsp3) is 0.962. The Balaban J connectivity index is 5.68. The van der Waals surface area contributed by atoms with Crippen molar-refractivity contribution in [3.8, 4) is 0 Å². The van der Waals surface area contributed by atoms with E-state index in [-0.39, 0.29) is 11.9 Å². The molecule has 6 heteroatoms. The Labute approximate surface area is 198 Å². The lowest BCUT2D eigenvalue weighted by Gasteiger charge is -2.46. The number of esters is 1. The van der Waals surface area contributed by atoms with Gasteiger partial charge in [0, 0.05) is 26.4 Å². The Hall–Kier alpha value is -0.690. The van der Waals surface area contributed by atoms with Crippen molar-refractivity contribution < 1.29 is 28.5 Å². The van der Waals surface area contributed by atoms with E-state index in [1.54, 1.807) is 0 Å². The van der Waals surface area contributed by atoms with Crippen molar-refractivity contribution in [3.63, 3.8) is 0 Å². The summed E-state index contributed by atoms with van der Waals surface area (Å²) < 4.78 is 30.8. The van der Waals surface area contributed by atoms with Crippen LogP contribution < -0.4 is 0 Å². The SMILES string of the molecule is CCCOC(C)(OCCC)C(CCCOC(=O)C(C)(C)CC)C(C)(OCCC)OCCC. The normalized spacial score (nSPS) is 13.1. The van der Waals surface area contributed by atoms with Crippen molar-refractivity contribution in [3.05, 3.63) is 0 Å². The third-order valence-corrected chi connectivity index (χ3v) is 5.94. The molecule has 0 bridgehead atoms. The molecule has 0 aromatic rings. The highest BCUT2D eigenvalue weighted by atomic mass is 16.7. The molecule has 0 aliphatic carbocycles. The third kappa shape index (κ3) is 10.5. The zero-order valence-electron chi connectivity index (χ0n) is 22.5. The zero-order valence-corrected chi connectivity index (χ0v) is 22.5. The van der Waals surface area contributed by atoms with E-state index in [4.69, 9.17) is 23.7 Å². The van der Waals surface area contributed by atoms with Crippen LogP contribution in [0.15, 0.2) is 0 Å². The van der Waals surface area contributed by atoms with Crippen molar-refractivity contribution in [2.24, 2.45) is 11.3 Å². The summed E-state index contributed by atoms with van der Waals surface area (Å²) in [5.74, 6) is -2.08. The summed E-state index contributed by atoms with van der Waals surface area (Å²) in [5.41, 5.74) is -0.467. The maximum atomic E-state index is 12.4. The molecule has 6 nitrogen and oxygen atoms in total. The summed E-state index contributed by atoms with van der Waals surface area (Å²) >= 11 is 0. The Bertz CT molecular complexity index is 449. The summed E-state index contributed by atoms with van der Waals surface area (Å²) in [6.07, 6.45) is 5.68. The second kappa shape index (κ2) is 16.0. The monoisotopic (exact) mass is 460 g/mol. The van der Waals surface area contributed by atoms with E-state index in [1.165, 1.54) is 0 Å². The highest BCUT2D eigenvalue weighted by molar-refractivity contribution is 5.75. The van der Waals surface area contributed by atoms with E-state index in [9.17, 15) is 4.79 Å². The van der Waals surface area contributed by atoms with Gasteiger partial charge in [0.25, 0.3) is 0 Å². The molecule has 0 saturated heterocycles. The Kier molecular flexibility index (Phi) is 15.7. The van der Waals surface area contributed by atoms with Crippen LogP contribution in [-0.2, 0) is 28.5 Å². The third-order valence-electron chi connectivity index (χ3n) is 5.94. The molecule has 0 radical (unpaired) electrons. The number of rotatable bonds is 20. The maximum absolute atomic E-state index is 12.4. The number of carbonyl (C=O) groups is 1. The average molecular weight is 461 g/mol. The molecule has 0 amide bonds. The standard InChI is InChI=1S/C26H52O6/c1-10-17-29-25(8,30-18-11-2)22(26(9,31-19-12-3)32-20-13-4)16-15-21-28-23(27)24(6,7)14-5/h22H,10-21H2,1-9H3. The fourth-order valence-corrected chi connectivity index (χ4v) is 3.50. The summed E-state index contributed by atoms with van der Waals surface area (Å²) in [6, 6.07) is 0. The minimum Gasteiger partial charge on any atom is -0.465 e. The van der Waals surface area contributed by atoms with Gasteiger partial charge in [-0.3, -0.25) is 4.79 Å². The number of carbonyl (C=O) groups excluding carboxylic acids is 1. The second-order valence-electron chi connectivity index (χ2n) is 9.49. The van der Waals surface area contributed by atoms with E-state index < -0.39 is 17.0 Å².